The lowest BCUT2D eigenvalue weighted by molar-refractivity contribution is 0.393. The van der Waals surface area contributed by atoms with Gasteiger partial charge in [0.15, 0.2) is 0 Å². The Morgan fingerprint density at radius 3 is 2.84 bits per heavy atom. The molecule has 1 N–H and O–H groups in total. The van der Waals surface area contributed by atoms with Gasteiger partial charge in [-0.2, -0.15) is 0 Å². The van der Waals surface area contributed by atoms with E-state index in [0.717, 1.165) is 36.6 Å². The largest absolute Gasteiger partial charge is 0.346 e. The van der Waals surface area contributed by atoms with Crippen LogP contribution in [0.15, 0.2) is 30.5 Å². The zero-order valence-corrected chi connectivity index (χ0v) is 12.5. The van der Waals surface area contributed by atoms with Gasteiger partial charge < -0.3 is 14.8 Å². The van der Waals surface area contributed by atoms with Gasteiger partial charge in [0, 0.05) is 35.2 Å². The van der Waals surface area contributed by atoms with E-state index in [1.54, 1.807) is 0 Å². The summed E-state index contributed by atoms with van der Waals surface area (Å²) < 4.78 is 2.25. The van der Waals surface area contributed by atoms with Crippen molar-refractivity contribution in [1.82, 2.24) is 14.8 Å². The van der Waals surface area contributed by atoms with Crippen molar-refractivity contribution in [2.45, 2.75) is 13.0 Å². The van der Waals surface area contributed by atoms with Crippen molar-refractivity contribution >= 4 is 22.5 Å². The van der Waals surface area contributed by atoms with Crippen molar-refractivity contribution in [3.63, 3.8) is 0 Å². The molecule has 2 aromatic rings. The summed E-state index contributed by atoms with van der Waals surface area (Å²) in [5, 5.41) is 5.44. The third kappa shape index (κ3) is 3.96. The van der Waals surface area contributed by atoms with Crippen LogP contribution in [-0.2, 0) is 6.54 Å². The molecule has 19 heavy (non-hydrogen) atoms. The maximum atomic E-state index is 6.17. The first-order valence-corrected chi connectivity index (χ1v) is 7.15. The molecule has 0 spiro atoms. The van der Waals surface area contributed by atoms with Crippen LogP contribution in [-0.4, -0.2) is 43.2 Å². The highest BCUT2D eigenvalue weighted by Gasteiger charge is 2.03. The van der Waals surface area contributed by atoms with Crippen LogP contribution in [0.25, 0.3) is 10.9 Å². The number of hydrogen-bond acceptors (Lipinski definition) is 2. The van der Waals surface area contributed by atoms with E-state index in [1.165, 1.54) is 11.9 Å². The summed E-state index contributed by atoms with van der Waals surface area (Å²) >= 11 is 6.17. The van der Waals surface area contributed by atoms with Crippen LogP contribution < -0.4 is 5.32 Å². The smallest absolute Gasteiger partial charge is 0.0499 e. The average molecular weight is 280 g/mol. The van der Waals surface area contributed by atoms with E-state index in [2.05, 4.69) is 47.2 Å². The lowest BCUT2D eigenvalue weighted by Crippen LogP contribution is -2.24. The first kappa shape index (κ1) is 14.4. The molecule has 0 radical (unpaired) electrons. The number of nitrogens with one attached hydrogen (secondary N) is 1. The Balaban J connectivity index is 1.81. The number of halogens is 1. The molecule has 0 saturated heterocycles. The zero-order valence-electron chi connectivity index (χ0n) is 11.7. The highest BCUT2D eigenvalue weighted by atomic mass is 35.5. The van der Waals surface area contributed by atoms with Gasteiger partial charge in [-0.25, -0.2) is 0 Å². The molecule has 0 bridgehead atoms. The van der Waals surface area contributed by atoms with E-state index in [-0.39, 0.29) is 0 Å². The molecule has 0 saturated carbocycles. The van der Waals surface area contributed by atoms with Crippen LogP contribution in [0.3, 0.4) is 0 Å². The number of nitrogens with zero attached hydrogens (tertiary/aromatic N) is 2. The molecule has 2 rings (SSSR count). The summed E-state index contributed by atoms with van der Waals surface area (Å²) in [7, 11) is 4.21. The van der Waals surface area contributed by atoms with Crippen molar-refractivity contribution in [3.05, 3.63) is 35.5 Å². The molecule has 1 heterocycles. The molecule has 0 aliphatic heterocycles. The molecular formula is C15H22ClN3. The van der Waals surface area contributed by atoms with Crippen LogP contribution in [0.5, 0.6) is 0 Å². The SMILES string of the molecule is CN(C)CCCNCCn1ccc2c(Cl)cccc21. The lowest BCUT2D eigenvalue weighted by atomic mass is 10.2. The predicted molar refractivity (Wildman–Crippen MR) is 83.0 cm³/mol. The van der Waals surface area contributed by atoms with E-state index >= 15 is 0 Å². The van der Waals surface area contributed by atoms with Crippen molar-refractivity contribution < 1.29 is 0 Å². The molecule has 0 atom stereocenters. The number of aromatic nitrogens is 1. The predicted octanol–water partition coefficient (Wildman–Crippen LogP) is 2.84. The molecule has 3 nitrogen and oxygen atoms in total. The number of benzene rings is 1. The highest BCUT2D eigenvalue weighted by Crippen LogP contribution is 2.23. The first-order chi connectivity index (χ1) is 9.18. The molecule has 0 amide bonds. The lowest BCUT2D eigenvalue weighted by Gasteiger charge is -2.10. The summed E-state index contributed by atoms with van der Waals surface area (Å²) in [6.07, 6.45) is 3.29. The average Bonchev–Trinajstić information content (AvgIpc) is 2.78. The third-order valence-electron chi connectivity index (χ3n) is 3.25. The van der Waals surface area contributed by atoms with E-state index in [1.807, 2.05) is 12.1 Å². The fourth-order valence-corrected chi connectivity index (χ4v) is 2.46. The van der Waals surface area contributed by atoms with Crippen molar-refractivity contribution in [3.8, 4) is 0 Å². The third-order valence-corrected chi connectivity index (χ3v) is 3.58. The molecule has 1 aromatic heterocycles. The Hall–Kier alpha value is -1.03. The van der Waals surface area contributed by atoms with Gasteiger partial charge in [-0.15, -0.1) is 0 Å². The van der Waals surface area contributed by atoms with E-state index < -0.39 is 0 Å². The topological polar surface area (TPSA) is 20.2 Å². The Bertz CT molecular complexity index is 519. The second-order valence-corrected chi connectivity index (χ2v) is 5.50. The molecule has 104 valence electrons. The van der Waals surface area contributed by atoms with E-state index in [9.17, 15) is 0 Å². The van der Waals surface area contributed by atoms with E-state index in [0.29, 0.717) is 0 Å². The maximum absolute atomic E-state index is 6.17. The monoisotopic (exact) mass is 279 g/mol. The standard InChI is InChI=1S/C15H22ClN3/c1-18(2)10-4-8-17-9-12-19-11-7-13-14(16)5-3-6-15(13)19/h3,5-7,11,17H,4,8-10,12H2,1-2H3. The second kappa shape index (κ2) is 6.94. The molecule has 1 aromatic carbocycles. The van der Waals surface area contributed by atoms with Gasteiger partial charge in [0.25, 0.3) is 0 Å². The van der Waals surface area contributed by atoms with Crippen LogP contribution in [0, 0.1) is 0 Å². The fraction of sp³-hybridized carbons (Fsp3) is 0.467. The molecule has 0 aliphatic rings. The van der Waals surface area contributed by atoms with Crippen LogP contribution in [0.4, 0.5) is 0 Å². The molecule has 4 heteroatoms. The summed E-state index contributed by atoms with van der Waals surface area (Å²) in [5.41, 5.74) is 1.21. The van der Waals surface area contributed by atoms with E-state index in [4.69, 9.17) is 11.6 Å². The molecule has 0 aliphatic carbocycles. The summed E-state index contributed by atoms with van der Waals surface area (Å²) in [6, 6.07) is 8.15. The Kier molecular flexibility index (Phi) is 5.25. The van der Waals surface area contributed by atoms with Gasteiger partial charge in [0.1, 0.15) is 0 Å². The molecular weight excluding hydrogens is 258 g/mol. The van der Waals surface area contributed by atoms with Crippen LogP contribution in [0.1, 0.15) is 6.42 Å². The maximum Gasteiger partial charge on any atom is 0.0499 e. The van der Waals surface area contributed by atoms with Gasteiger partial charge in [-0.1, -0.05) is 17.7 Å². The van der Waals surface area contributed by atoms with Crippen molar-refractivity contribution in [2.24, 2.45) is 0 Å². The normalized spacial score (nSPS) is 11.6. The van der Waals surface area contributed by atoms with Gasteiger partial charge in [-0.3, -0.25) is 0 Å². The van der Waals surface area contributed by atoms with Crippen LogP contribution in [0.2, 0.25) is 5.02 Å². The summed E-state index contributed by atoms with van der Waals surface area (Å²) in [5.74, 6) is 0. The summed E-state index contributed by atoms with van der Waals surface area (Å²) in [4.78, 5) is 2.21. The van der Waals surface area contributed by atoms with Crippen molar-refractivity contribution in [1.29, 1.82) is 0 Å². The fourth-order valence-electron chi connectivity index (χ4n) is 2.23. The number of hydrogen-bond donors (Lipinski definition) is 1. The first-order valence-electron chi connectivity index (χ1n) is 6.77. The van der Waals surface area contributed by atoms with Gasteiger partial charge >= 0.3 is 0 Å². The van der Waals surface area contributed by atoms with Crippen molar-refractivity contribution in [2.75, 3.05) is 33.7 Å². The van der Waals surface area contributed by atoms with Gasteiger partial charge in [0.2, 0.25) is 0 Å². The minimum atomic E-state index is 0.829. The molecule has 0 fully saturated rings. The van der Waals surface area contributed by atoms with Gasteiger partial charge in [-0.05, 0) is 51.8 Å². The summed E-state index contributed by atoms with van der Waals surface area (Å²) in [6.45, 7) is 4.17. The molecule has 0 unspecified atom stereocenters. The Morgan fingerprint density at radius 2 is 2.05 bits per heavy atom. The second-order valence-electron chi connectivity index (χ2n) is 5.09. The Morgan fingerprint density at radius 1 is 1.21 bits per heavy atom. The minimum Gasteiger partial charge on any atom is -0.346 e. The highest BCUT2D eigenvalue weighted by molar-refractivity contribution is 6.35. The quantitative estimate of drug-likeness (QED) is 0.787. The van der Waals surface area contributed by atoms with Crippen LogP contribution >= 0.6 is 11.6 Å². The van der Waals surface area contributed by atoms with Gasteiger partial charge in [0.05, 0.1) is 0 Å². The Labute approximate surface area is 120 Å². The minimum absolute atomic E-state index is 0.829. The number of rotatable bonds is 7. The number of fused-ring (bicyclic) bond motifs is 1. The zero-order chi connectivity index (χ0) is 13.7.